The van der Waals surface area contributed by atoms with Crippen LogP contribution in [0.25, 0.3) is 11.5 Å². The fourth-order valence-corrected chi connectivity index (χ4v) is 1.82. The molecule has 0 aliphatic rings. The van der Waals surface area contributed by atoms with Gasteiger partial charge in [-0.15, -0.1) is 0 Å². The second-order valence-corrected chi connectivity index (χ2v) is 4.11. The summed E-state index contributed by atoms with van der Waals surface area (Å²) in [7, 11) is 0. The molecule has 2 heterocycles. The molecule has 0 aliphatic heterocycles. The molecule has 15 heavy (non-hydrogen) atoms. The van der Waals surface area contributed by atoms with Crippen molar-refractivity contribution in [2.75, 3.05) is 0 Å². The van der Waals surface area contributed by atoms with Gasteiger partial charge in [0.1, 0.15) is 5.69 Å². The number of rotatable bonds is 2. The zero-order valence-electron chi connectivity index (χ0n) is 7.37. The van der Waals surface area contributed by atoms with Gasteiger partial charge in [-0.2, -0.15) is 0 Å². The molecule has 1 N–H and O–H groups in total. The van der Waals surface area contributed by atoms with Gasteiger partial charge in [-0.05, 0) is 22.0 Å². The number of imidazole rings is 1. The zero-order valence-corrected chi connectivity index (χ0v) is 9.71. The molecule has 0 saturated heterocycles. The van der Waals surface area contributed by atoms with Gasteiger partial charge in [0.05, 0.1) is 16.9 Å². The summed E-state index contributed by atoms with van der Waals surface area (Å²) in [5, 5.41) is 0.469. The third kappa shape index (κ3) is 2.08. The van der Waals surface area contributed by atoms with E-state index in [1.165, 1.54) is 6.20 Å². The van der Waals surface area contributed by atoms with Gasteiger partial charge >= 0.3 is 0 Å². The van der Waals surface area contributed by atoms with E-state index in [0.717, 1.165) is 4.47 Å². The van der Waals surface area contributed by atoms with Gasteiger partial charge in [-0.25, -0.2) is 4.98 Å². The van der Waals surface area contributed by atoms with Crippen LogP contribution in [-0.4, -0.2) is 21.2 Å². The van der Waals surface area contributed by atoms with E-state index < -0.39 is 0 Å². The molecule has 2 rings (SSSR count). The number of aromatic nitrogens is 3. The summed E-state index contributed by atoms with van der Waals surface area (Å²) < 4.78 is 0.790. The SMILES string of the molecule is O=Cc1cnc(-c2ncc(Br)cc2Cl)[nH]1. The Bertz CT molecular complexity index is 512. The molecule has 0 aliphatic carbocycles. The van der Waals surface area contributed by atoms with Crippen molar-refractivity contribution < 1.29 is 4.79 Å². The Hall–Kier alpha value is -1.20. The van der Waals surface area contributed by atoms with Crippen molar-refractivity contribution in [3.63, 3.8) is 0 Å². The van der Waals surface area contributed by atoms with Crippen LogP contribution < -0.4 is 0 Å². The lowest BCUT2D eigenvalue weighted by molar-refractivity contribution is 0.111. The molecule has 0 bridgehead atoms. The predicted octanol–water partition coefficient (Wildman–Crippen LogP) is 2.70. The van der Waals surface area contributed by atoms with E-state index in [-0.39, 0.29) is 0 Å². The summed E-state index contributed by atoms with van der Waals surface area (Å²) in [6.45, 7) is 0. The van der Waals surface area contributed by atoms with E-state index in [1.807, 2.05) is 0 Å². The van der Waals surface area contributed by atoms with Crippen molar-refractivity contribution in [3.05, 3.63) is 33.6 Å². The van der Waals surface area contributed by atoms with E-state index in [9.17, 15) is 4.79 Å². The topological polar surface area (TPSA) is 58.6 Å². The Balaban J connectivity index is 2.49. The van der Waals surface area contributed by atoms with Gasteiger partial charge in [-0.3, -0.25) is 9.78 Å². The summed E-state index contributed by atoms with van der Waals surface area (Å²) in [6.07, 6.45) is 3.73. The summed E-state index contributed by atoms with van der Waals surface area (Å²) in [5.74, 6) is 0.481. The van der Waals surface area contributed by atoms with Gasteiger partial charge in [0.25, 0.3) is 0 Å². The molecule has 0 spiro atoms. The Labute approximate surface area is 98.8 Å². The van der Waals surface area contributed by atoms with Crippen molar-refractivity contribution in [2.24, 2.45) is 0 Å². The largest absolute Gasteiger partial charge is 0.334 e. The van der Waals surface area contributed by atoms with E-state index in [2.05, 4.69) is 30.9 Å². The average Bonchev–Trinajstić information content (AvgIpc) is 2.66. The van der Waals surface area contributed by atoms with Crippen LogP contribution in [0.3, 0.4) is 0 Å². The smallest absolute Gasteiger partial charge is 0.167 e. The number of hydrogen-bond acceptors (Lipinski definition) is 3. The molecule has 4 nitrogen and oxygen atoms in total. The minimum absolute atomic E-state index is 0.394. The lowest BCUT2D eigenvalue weighted by Crippen LogP contribution is -1.87. The number of pyridine rings is 1. The van der Waals surface area contributed by atoms with Crippen LogP contribution >= 0.6 is 27.5 Å². The minimum atomic E-state index is 0.394. The molecule has 2 aromatic rings. The molecule has 0 radical (unpaired) electrons. The highest BCUT2D eigenvalue weighted by Crippen LogP contribution is 2.25. The van der Waals surface area contributed by atoms with E-state index in [4.69, 9.17) is 11.6 Å². The van der Waals surface area contributed by atoms with Crippen molar-refractivity contribution in [3.8, 4) is 11.5 Å². The van der Waals surface area contributed by atoms with Crippen LogP contribution in [0, 0.1) is 0 Å². The summed E-state index contributed by atoms with van der Waals surface area (Å²) in [5.41, 5.74) is 0.916. The van der Waals surface area contributed by atoms with E-state index in [0.29, 0.717) is 28.5 Å². The molecular weight excluding hydrogens is 281 g/mol. The summed E-state index contributed by atoms with van der Waals surface area (Å²) in [6, 6.07) is 1.72. The number of carbonyl (C=O) groups is 1. The third-order valence-corrected chi connectivity index (χ3v) is 2.48. The number of H-pyrrole nitrogens is 1. The quantitative estimate of drug-likeness (QED) is 0.864. The highest BCUT2D eigenvalue weighted by atomic mass is 79.9. The van der Waals surface area contributed by atoms with Crippen LogP contribution in [0.5, 0.6) is 0 Å². The first-order valence-corrected chi connectivity index (χ1v) is 5.19. The number of aromatic amines is 1. The maximum Gasteiger partial charge on any atom is 0.167 e. The number of hydrogen-bond donors (Lipinski definition) is 1. The molecule has 2 aromatic heterocycles. The number of nitrogens with zero attached hydrogens (tertiary/aromatic N) is 2. The lowest BCUT2D eigenvalue weighted by Gasteiger charge is -1.99. The average molecular weight is 287 g/mol. The van der Waals surface area contributed by atoms with Gasteiger partial charge in [-0.1, -0.05) is 11.6 Å². The molecule has 0 atom stereocenters. The van der Waals surface area contributed by atoms with Crippen LogP contribution in [0.15, 0.2) is 22.9 Å². The van der Waals surface area contributed by atoms with Gasteiger partial charge < -0.3 is 4.98 Å². The first-order chi connectivity index (χ1) is 7.20. The maximum atomic E-state index is 10.5. The predicted molar refractivity (Wildman–Crippen MR) is 59.9 cm³/mol. The Morgan fingerprint density at radius 2 is 2.20 bits per heavy atom. The molecule has 0 aromatic carbocycles. The first kappa shape index (κ1) is 10.3. The second-order valence-electron chi connectivity index (χ2n) is 2.79. The van der Waals surface area contributed by atoms with E-state index >= 15 is 0 Å². The van der Waals surface area contributed by atoms with Crippen molar-refractivity contribution >= 4 is 33.8 Å². The fraction of sp³-hybridized carbons (Fsp3) is 0. The Morgan fingerprint density at radius 3 is 2.80 bits per heavy atom. The summed E-state index contributed by atoms with van der Waals surface area (Å²) >= 11 is 9.23. The monoisotopic (exact) mass is 285 g/mol. The third-order valence-electron chi connectivity index (χ3n) is 1.75. The highest BCUT2D eigenvalue weighted by molar-refractivity contribution is 9.10. The molecule has 6 heteroatoms. The normalized spacial score (nSPS) is 10.3. The van der Waals surface area contributed by atoms with Crippen molar-refractivity contribution in [1.29, 1.82) is 0 Å². The Morgan fingerprint density at radius 1 is 1.40 bits per heavy atom. The lowest BCUT2D eigenvalue weighted by atomic mass is 10.3. The van der Waals surface area contributed by atoms with Crippen LogP contribution in [-0.2, 0) is 0 Å². The van der Waals surface area contributed by atoms with Gasteiger partial charge in [0.2, 0.25) is 0 Å². The molecular formula is C9H5BrClN3O. The van der Waals surface area contributed by atoms with Crippen LogP contribution in [0.4, 0.5) is 0 Å². The van der Waals surface area contributed by atoms with Crippen molar-refractivity contribution in [2.45, 2.75) is 0 Å². The second kappa shape index (κ2) is 4.12. The number of carbonyl (C=O) groups excluding carboxylic acids is 1. The van der Waals surface area contributed by atoms with Gasteiger partial charge in [0.15, 0.2) is 12.1 Å². The van der Waals surface area contributed by atoms with E-state index in [1.54, 1.807) is 12.3 Å². The number of aldehydes is 1. The fourth-order valence-electron chi connectivity index (χ4n) is 1.10. The standard InChI is InChI=1S/C9H5BrClN3O/c10-5-1-7(11)8(12-2-5)9-13-3-6(4-15)14-9/h1-4H,(H,13,14). The van der Waals surface area contributed by atoms with Gasteiger partial charge in [0, 0.05) is 10.7 Å². The van der Waals surface area contributed by atoms with Crippen LogP contribution in [0.1, 0.15) is 10.5 Å². The first-order valence-electron chi connectivity index (χ1n) is 4.02. The summed E-state index contributed by atoms with van der Waals surface area (Å²) in [4.78, 5) is 21.4. The minimum Gasteiger partial charge on any atom is -0.334 e. The zero-order chi connectivity index (χ0) is 10.8. The van der Waals surface area contributed by atoms with Crippen molar-refractivity contribution in [1.82, 2.24) is 15.0 Å². The molecule has 0 fully saturated rings. The number of nitrogens with one attached hydrogen (secondary N) is 1. The molecule has 76 valence electrons. The Kier molecular flexibility index (Phi) is 2.83. The molecule has 0 unspecified atom stereocenters. The van der Waals surface area contributed by atoms with Crippen LogP contribution in [0.2, 0.25) is 5.02 Å². The molecule has 0 amide bonds. The highest BCUT2D eigenvalue weighted by Gasteiger charge is 2.09. The number of halogens is 2. The molecule has 0 saturated carbocycles. The maximum absolute atomic E-state index is 10.5.